The van der Waals surface area contributed by atoms with Crippen molar-refractivity contribution >= 4 is 46.6 Å². The Balaban J connectivity index is -0.000000403. The maximum absolute atomic E-state index is 10.7. The van der Waals surface area contributed by atoms with Crippen LogP contribution in [0.25, 0.3) is 0 Å². The molecule has 9 heteroatoms. The second-order valence-corrected chi connectivity index (χ2v) is 2.26. The van der Waals surface area contributed by atoms with Crippen LogP contribution in [0.2, 0.25) is 0 Å². The summed E-state index contributed by atoms with van der Waals surface area (Å²) in [4.78, 5) is 33.4. The summed E-state index contributed by atoms with van der Waals surface area (Å²) in [6.07, 6.45) is 0. The van der Waals surface area contributed by atoms with Gasteiger partial charge in [-0.15, -0.1) is 8.17 Å². The minimum absolute atomic E-state index is 0. The third-order valence-corrected chi connectivity index (χ3v) is 1.50. The van der Waals surface area contributed by atoms with Crippen molar-refractivity contribution in [2.45, 2.75) is 0 Å². The predicted octanol–water partition coefficient (Wildman–Crippen LogP) is -1.45. The molecule has 0 aromatic carbocycles. The molecule has 1 aromatic heterocycles. The van der Waals surface area contributed by atoms with Crippen LogP contribution in [0.15, 0.2) is 14.4 Å². The maximum atomic E-state index is 10.7. The van der Waals surface area contributed by atoms with Gasteiger partial charge in [0.1, 0.15) is 0 Å². The van der Waals surface area contributed by atoms with Crippen LogP contribution in [0.4, 0.5) is 0 Å². The van der Waals surface area contributed by atoms with Crippen LogP contribution in [0, 0.1) is 0 Å². The second kappa shape index (κ2) is 4.12. The Bertz CT molecular complexity index is 416. The van der Waals surface area contributed by atoms with E-state index in [1.54, 1.807) is 4.98 Å². The van der Waals surface area contributed by atoms with E-state index in [4.69, 9.17) is 23.6 Å². The van der Waals surface area contributed by atoms with Gasteiger partial charge >= 0.3 is 40.1 Å². The molecule has 0 fully saturated rings. The van der Waals surface area contributed by atoms with Gasteiger partial charge in [-0.3, -0.25) is 4.98 Å². The first-order chi connectivity index (χ1) is 5.04. The average molecular weight is 224 g/mol. The molecule has 0 saturated heterocycles. The number of hydrogen-bond donors (Lipinski definition) is 1. The van der Waals surface area contributed by atoms with Crippen LogP contribution in [0.1, 0.15) is 2.85 Å². The fourth-order valence-electron chi connectivity index (χ4n) is 0.440. The summed E-state index contributed by atoms with van der Waals surface area (Å²) in [6, 6.07) is 0. The zero-order valence-corrected chi connectivity index (χ0v) is 8.51. The zero-order valence-electron chi connectivity index (χ0n) is 7.58. The molecule has 0 bridgehead atoms. The quantitative estimate of drug-likeness (QED) is 0.547. The van der Waals surface area contributed by atoms with E-state index in [0.29, 0.717) is 0 Å². The van der Waals surface area contributed by atoms with E-state index in [1.807, 2.05) is 0 Å². The van der Waals surface area contributed by atoms with E-state index < -0.39 is 17.1 Å². The number of aromatic nitrogens is 3. The number of aromatic amines is 1. The number of hydrogen-bond acceptors (Lipinski definition) is 3. The third kappa shape index (κ3) is 1.92. The average Bonchev–Trinajstić information content (AvgIpc) is 1.97. The molecule has 1 heterocycles. The van der Waals surface area contributed by atoms with Gasteiger partial charge in [0.25, 0.3) is 0 Å². The van der Waals surface area contributed by atoms with Crippen molar-refractivity contribution in [3.63, 3.8) is 0 Å². The van der Waals surface area contributed by atoms with Gasteiger partial charge in [-0.05, 0) is 0 Å². The molecule has 64 valence electrons. The molecule has 6 nitrogen and oxygen atoms in total. The first kappa shape index (κ1) is 11.8. The van der Waals surface area contributed by atoms with Crippen LogP contribution in [0.3, 0.4) is 0 Å². The van der Waals surface area contributed by atoms with Gasteiger partial charge < -0.3 is 2.85 Å². The molecule has 0 atom stereocenters. The Labute approximate surface area is 94.1 Å². The Hall–Kier alpha value is -0.244. The van der Waals surface area contributed by atoms with Crippen molar-refractivity contribution in [1.29, 1.82) is 0 Å². The minimum atomic E-state index is -1.10. The molecule has 1 N–H and O–H groups in total. The van der Waals surface area contributed by atoms with Crippen molar-refractivity contribution in [1.82, 2.24) is 13.2 Å². The van der Waals surface area contributed by atoms with Crippen molar-refractivity contribution < 1.29 is 2.85 Å². The molecule has 0 aliphatic heterocycles. The van der Waals surface area contributed by atoms with E-state index in [9.17, 15) is 14.4 Å². The summed E-state index contributed by atoms with van der Waals surface area (Å²) in [5.41, 5.74) is -3.13. The van der Waals surface area contributed by atoms with E-state index in [-0.39, 0.29) is 34.1 Å². The molecular formula is C3H3Cl2MgN3O3. The Morgan fingerprint density at radius 1 is 1.08 bits per heavy atom. The smallest absolute Gasteiger partial charge is 1.00 e. The Morgan fingerprint density at radius 2 is 1.42 bits per heavy atom. The maximum Gasteiger partial charge on any atom is 2.00 e. The first-order valence-electron chi connectivity index (χ1n) is 2.34. The van der Waals surface area contributed by atoms with Crippen molar-refractivity contribution in [3.8, 4) is 0 Å². The van der Waals surface area contributed by atoms with Crippen LogP contribution in [-0.2, 0) is 0 Å². The molecule has 0 aliphatic rings. The summed E-state index contributed by atoms with van der Waals surface area (Å²) in [6.45, 7) is 0. The van der Waals surface area contributed by atoms with E-state index in [1.165, 1.54) is 0 Å². The number of rotatable bonds is 0. The van der Waals surface area contributed by atoms with E-state index in [2.05, 4.69) is 0 Å². The van der Waals surface area contributed by atoms with E-state index in [0.717, 1.165) is 0 Å². The summed E-state index contributed by atoms with van der Waals surface area (Å²) in [7, 11) is 0. The van der Waals surface area contributed by atoms with Gasteiger partial charge in [0, 0.05) is 23.6 Å². The van der Waals surface area contributed by atoms with Gasteiger partial charge in [0.2, 0.25) is 0 Å². The summed E-state index contributed by atoms with van der Waals surface area (Å²) in [5.74, 6) is 0. The normalized spacial score (nSPS) is 9.17. The SMILES string of the molecule is O=c1[nH]c(=O)n(Cl)c(=O)n1Cl.[H-].[H-].[Mg+2]. The van der Waals surface area contributed by atoms with Gasteiger partial charge in [-0.1, -0.05) is 0 Å². The zero-order chi connectivity index (χ0) is 8.59. The van der Waals surface area contributed by atoms with Crippen LogP contribution < -0.4 is 17.1 Å². The van der Waals surface area contributed by atoms with Crippen LogP contribution in [-0.4, -0.2) is 36.2 Å². The molecular weight excluding hydrogens is 221 g/mol. The third-order valence-electron chi connectivity index (χ3n) is 0.906. The fourth-order valence-corrected chi connectivity index (χ4v) is 0.715. The topological polar surface area (TPSA) is 76.9 Å². The Kier molecular flexibility index (Phi) is 4.04. The molecule has 0 radical (unpaired) electrons. The largest absolute Gasteiger partial charge is 2.00 e. The minimum Gasteiger partial charge on any atom is -1.00 e. The first-order valence-corrected chi connectivity index (χ1v) is 3.02. The molecule has 0 unspecified atom stereocenters. The number of H-pyrrole nitrogens is 1. The number of nitrogens with one attached hydrogen (secondary N) is 1. The van der Waals surface area contributed by atoms with Gasteiger partial charge in [0.15, 0.2) is 0 Å². The van der Waals surface area contributed by atoms with Gasteiger partial charge in [0.05, 0.1) is 0 Å². The Morgan fingerprint density at radius 3 is 1.75 bits per heavy atom. The molecule has 0 saturated carbocycles. The molecule has 0 aliphatic carbocycles. The summed E-state index contributed by atoms with van der Waals surface area (Å²) >= 11 is 10.1. The van der Waals surface area contributed by atoms with Gasteiger partial charge in [-0.25, -0.2) is 14.4 Å². The van der Waals surface area contributed by atoms with Crippen LogP contribution in [0.5, 0.6) is 0 Å². The molecule has 12 heavy (non-hydrogen) atoms. The van der Waals surface area contributed by atoms with Crippen molar-refractivity contribution in [3.05, 3.63) is 31.5 Å². The van der Waals surface area contributed by atoms with Crippen molar-refractivity contribution in [2.24, 2.45) is 0 Å². The summed E-state index contributed by atoms with van der Waals surface area (Å²) in [5, 5.41) is 0. The standard InChI is InChI=1S/C3HCl2N3O3.Mg.2H/c4-7-1(9)6-2(10)8(5)3(7)11;;;/h(H,6,9,10);;;/q;+2;2*-1. The summed E-state index contributed by atoms with van der Waals surface area (Å²) < 4.78 is 0.322. The number of halogens is 2. The molecule has 0 amide bonds. The molecule has 0 spiro atoms. The van der Waals surface area contributed by atoms with Gasteiger partial charge in [-0.2, -0.15) is 0 Å². The van der Waals surface area contributed by atoms with Crippen LogP contribution >= 0.6 is 23.6 Å². The fraction of sp³-hybridized carbons (Fsp3) is 0. The monoisotopic (exact) mass is 223 g/mol. The van der Waals surface area contributed by atoms with Crippen molar-refractivity contribution in [2.75, 3.05) is 0 Å². The number of nitrogens with zero attached hydrogens (tertiary/aromatic N) is 2. The molecule has 1 rings (SSSR count). The van der Waals surface area contributed by atoms with E-state index >= 15 is 0 Å². The predicted molar refractivity (Wildman–Crippen MR) is 46.1 cm³/mol. The molecule has 1 aromatic rings. The second-order valence-electron chi connectivity index (χ2n) is 1.58.